The van der Waals surface area contributed by atoms with Gasteiger partial charge in [0.05, 0.1) is 10.7 Å². The molecule has 1 spiro atoms. The summed E-state index contributed by atoms with van der Waals surface area (Å²) in [7, 11) is 0. The third-order valence-corrected chi connectivity index (χ3v) is 4.03. The molecule has 1 fully saturated rings. The minimum atomic E-state index is -0.117. The Kier molecular flexibility index (Phi) is 2.90. The molecule has 1 saturated carbocycles. The van der Waals surface area contributed by atoms with Crippen LogP contribution in [0.5, 0.6) is 0 Å². The molecule has 0 bridgehead atoms. The van der Waals surface area contributed by atoms with Crippen molar-refractivity contribution in [3.05, 3.63) is 17.3 Å². The SMILES string of the molecule is O=C1CC2(CCCCC2)Nc2ncc(Cl)cc2N1. The van der Waals surface area contributed by atoms with E-state index in [0.29, 0.717) is 17.1 Å². The Labute approximate surface area is 111 Å². The minimum absolute atomic E-state index is 0.0483. The van der Waals surface area contributed by atoms with E-state index in [1.807, 2.05) is 0 Å². The van der Waals surface area contributed by atoms with Crippen LogP contribution in [0.2, 0.25) is 5.02 Å². The number of fused-ring (bicyclic) bond motifs is 1. The Bertz CT molecular complexity index is 483. The second kappa shape index (κ2) is 4.43. The molecule has 5 heteroatoms. The first-order chi connectivity index (χ1) is 8.67. The number of rotatable bonds is 0. The van der Waals surface area contributed by atoms with Crippen molar-refractivity contribution in [3.8, 4) is 0 Å². The van der Waals surface area contributed by atoms with Gasteiger partial charge in [-0.15, -0.1) is 0 Å². The van der Waals surface area contributed by atoms with Gasteiger partial charge in [0.1, 0.15) is 5.82 Å². The number of pyridine rings is 1. The lowest BCUT2D eigenvalue weighted by Crippen LogP contribution is -2.41. The molecule has 1 aliphatic carbocycles. The zero-order valence-corrected chi connectivity index (χ0v) is 10.9. The van der Waals surface area contributed by atoms with Crippen LogP contribution in [0.15, 0.2) is 12.3 Å². The van der Waals surface area contributed by atoms with Crippen LogP contribution in [0.25, 0.3) is 0 Å². The Hall–Kier alpha value is -1.29. The number of hydrogen-bond acceptors (Lipinski definition) is 3. The number of amides is 1. The molecular weight excluding hydrogens is 250 g/mol. The Morgan fingerprint density at radius 1 is 1.28 bits per heavy atom. The number of nitrogens with one attached hydrogen (secondary N) is 2. The molecule has 3 rings (SSSR count). The smallest absolute Gasteiger partial charge is 0.226 e. The molecule has 2 aliphatic rings. The third kappa shape index (κ3) is 2.17. The fourth-order valence-corrected chi connectivity index (χ4v) is 3.12. The van der Waals surface area contributed by atoms with Crippen LogP contribution in [-0.2, 0) is 4.79 Å². The highest BCUT2D eigenvalue weighted by Gasteiger charge is 2.37. The molecule has 0 radical (unpaired) electrons. The van der Waals surface area contributed by atoms with Gasteiger partial charge < -0.3 is 10.6 Å². The van der Waals surface area contributed by atoms with Gasteiger partial charge in [0.15, 0.2) is 0 Å². The highest BCUT2D eigenvalue weighted by atomic mass is 35.5. The van der Waals surface area contributed by atoms with E-state index in [9.17, 15) is 4.79 Å². The van der Waals surface area contributed by atoms with Crippen LogP contribution in [0, 0.1) is 0 Å². The van der Waals surface area contributed by atoms with Crippen LogP contribution in [0.1, 0.15) is 38.5 Å². The minimum Gasteiger partial charge on any atom is -0.362 e. The molecule has 18 heavy (non-hydrogen) atoms. The van der Waals surface area contributed by atoms with Gasteiger partial charge in [0.25, 0.3) is 0 Å². The quantitative estimate of drug-likeness (QED) is 0.757. The maximum Gasteiger partial charge on any atom is 0.226 e. The van der Waals surface area contributed by atoms with Gasteiger partial charge in [0.2, 0.25) is 5.91 Å². The van der Waals surface area contributed by atoms with Crippen molar-refractivity contribution in [2.75, 3.05) is 10.6 Å². The Morgan fingerprint density at radius 3 is 2.83 bits per heavy atom. The third-order valence-electron chi connectivity index (χ3n) is 3.82. The van der Waals surface area contributed by atoms with Gasteiger partial charge in [-0.1, -0.05) is 30.9 Å². The molecule has 0 aromatic carbocycles. The summed E-state index contributed by atoms with van der Waals surface area (Å²) < 4.78 is 0. The molecule has 4 nitrogen and oxygen atoms in total. The largest absolute Gasteiger partial charge is 0.362 e. The molecule has 0 unspecified atom stereocenters. The van der Waals surface area contributed by atoms with Crippen LogP contribution >= 0.6 is 11.6 Å². The van der Waals surface area contributed by atoms with Crippen molar-refractivity contribution >= 4 is 29.0 Å². The van der Waals surface area contributed by atoms with Gasteiger partial charge in [0, 0.05) is 18.2 Å². The van der Waals surface area contributed by atoms with Crippen molar-refractivity contribution in [1.29, 1.82) is 0 Å². The standard InChI is InChI=1S/C13H16ClN3O/c14-9-6-10-12(15-8-9)17-13(7-11(18)16-10)4-2-1-3-5-13/h6,8H,1-5,7H2,(H,15,17)(H,16,18). The number of hydrogen-bond donors (Lipinski definition) is 2. The summed E-state index contributed by atoms with van der Waals surface area (Å²) in [5.41, 5.74) is 0.573. The van der Waals surface area contributed by atoms with Crippen LogP contribution in [-0.4, -0.2) is 16.4 Å². The van der Waals surface area contributed by atoms with Gasteiger partial charge in [-0.3, -0.25) is 4.79 Å². The molecule has 1 aromatic heterocycles. The molecule has 1 aromatic rings. The molecule has 2 heterocycles. The fourth-order valence-electron chi connectivity index (χ4n) is 2.96. The van der Waals surface area contributed by atoms with E-state index in [1.54, 1.807) is 12.3 Å². The Balaban J connectivity index is 1.97. The summed E-state index contributed by atoms with van der Waals surface area (Å²) in [6.45, 7) is 0. The summed E-state index contributed by atoms with van der Waals surface area (Å²) in [5.74, 6) is 0.791. The number of aromatic nitrogens is 1. The molecule has 2 N–H and O–H groups in total. The second-order valence-corrected chi connectivity index (χ2v) is 5.68. The lowest BCUT2D eigenvalue weighted by molar-refractivity contribution is -0.117. The summed E-state index contributed by atoms with van der Waals surface area (Å²) in [6.07, 6.45) is 7.79. The molecule has 96 valence electrons. The van der Waals surface area contributed by atoms with Crippen molar-refractivity contribution < 1.29 is 4.79 Å². The normalized spacial score (nSPS) is 21.7. The molecule has 0 saturated heterocycles. The van der Waals surface area contributed by atoms with Crippen LogP contribution in [0.3, 0.4) is 0 Å². The van der Waals surface area contributed by atoms with Gasteiger partial charge in [-0.25, -0.2) is 4.98 Å². The first kappa shape index (κ1) is 11.8. The fraction of sp³-hybridized carbons (Fsp3) is 0.538. The van der Waals surface area contributed by atoms with E-state index < -0.39 is 0 Å². The number of anilines is 2. The van der Waals surface area contributed by atoms with Crippen molar-refractivity contribution in [2.24, 2.45) is 0 Å². The second-order valence-electron chi connectivity index (χ2n) is 5.24. The van der Waals surface area contributed by atoms with Crippen LogP contribution in [0.4, 0.5) is 11.5 Å². The Morgan fingerprint density at radius 2 is 2.06 bits per heavy atom. The van der Waals surface area contributed by atoms with Crippen molar-refractivity contribution in [3.63, 3.8) is 0 Å². The molecular formula is C13H16ClN3O. The van der Waals surface area contributed by atoms with Crippen molar-refractivity contribution in [1.82, 2.24) is 4.98 Å². The number of carbonyl (C=O) groups is 1. The van der Waals surface area contributed by atoms with E-state index in [4.69, 9.17) is 11.6 Å². The zero-order valence-electron chi connectivity index (χ0n) is 10.1. The number of nitrogens with zero attached hydrogens (tertiary/aromatic N) is 1. The zero-order chi connectivity index (χ0) is 12.6. The van der Waals surface area contributed by atoms with E-state index in [-0.39, 0.29) is 11.4 Å². The lowest BCUT2D eigenvalue weighted by atomic mass is 9.79. The number of carbonyl (C=O) groups excluding carboxylic acids is 1. The monoisotopic (exact) mass is 265 g/mol. The topological polar surface area (TPSA) is 54.0 Å². The lowest BCUT2D eigenvalue weighted by Gasteiger charge is -2.36. The van der Waals surface area contributed by atoms with Gasteiger partial charge in [-0.05, 0) is 18.9 Å². The molecule has 1 amide bonds. The summed E-state index contributed by atoms with van der Waals surface area (Å²) in [6, 6.07) is 1.75. The average Bonchev–Trinajstić information content (AvgIpc) is 2.45. The maximum atomic E-state index is 12.0. The van der Waals surface area contributed by atoms with E-state index in [1.165, 1.54) is 19.3 Å². The summed E-state index contributed by atoms with van der Waals surface area (Å²) >= 11 is 5.91. The van der Waals surface area contributed by atoms with Crippen molar-refractivity contribution in [2.45, 2.75) is 44.1 Å². The van der Waals surface area contributed by atoms with Gasteiger partial charge >= 0.3 is 0 Å². The first-order valence-electron chi connectivity index (χ1n) is 6.41. The highest BCUT2D eigenvalue weighted by molar-refractivity contribution is 6.30. The van der Waals surface area contributed by atoms with Crippen LogP contribution < -0.4 is 10.6 Å². The number of halogens is 1. The van der Waals surface area contributed by atoms with E-state index in [0.717, 1.165) is 18.7 Å². The summed E-state index contributed by atoms with van der Waals surface area (Å²) in [4.78, 5) is 16.3. The first-order valence-corrected chi connectivity index (χ1v) is 6.78. The predicted molar refractivity (Wildman–Crippen MR) is 71.9 cm³/mol. The summed E-state index contributed by atoms with van der Waals surface area (Å²) in [5, 5.41) is 6.90. The van der Waals surface area contributed by atoms with E-state index in [2.05, 4.69) is 15.6 Å². The highest BCUT2D eigenvalue weighted by Crippen LogP contribution is 2.38. The molecule has 0 atom stereocenters. The van der Waals surface area contributed by atoms with Gasteiger partial charge in [-0.2, -0.15) is 0 Å². The maximum absolute atomic E-state index is 12.0. The molecule has 1 aliphatic heterocycles. The predicted octanol–water partition coefficient (Wildman–Crippen LogP) is 3.19. The van der Waals surface area contributed by atoms with E-state index >= 15 is 0 Å². The average molecular weight is 266 g/mol.